The monoisotopic (exact) mass is 346 g/mol. The zero-order chi connectivity index (χ0) is 18.1. The maximum absolute atomic E-state index is 10.3. The van der Waals surface area contributed by atoms with Crippen LogP contribution in [0.5, 0.6) is 0 Å². The van der Waals surface area contributed by atoms with E-state index < -0.39 is 24.9 Å². The topological polar surface area (TPSA) is 122 Å². The Balaban J connectivity index is 1.99. The van der Waals surface area contributed by atoms with E-state index in [2.05, 4.69) is 15.3 Å². The summed E-state index contributed by atoms with van der Waals surface area (Å²) < 4.78 is 0. The summed E-state index contributed by atoms with van der Waals surface area (Å²) in [5.41, 5.74) is 4.52. The average Bonchev–Trinajstić information content (AvgIpc) is 2.61. The molecule has 134 valence electrons. The van der Waals surface area contributed by atoms with E-state index in [-0.39, 0.29) is 6.54 Å². The molecule has 3 unspecified atom stereocenters. The van der Waals surface area contributed by atoms with Gasteiger partial charge in [0.1, 0.15) is 30.3 Å². The molecule has 1 aromatic heterocycles. The van der Waals surface area contributed by atoms with Crippen molar-refractivity contribution >= 4 is 22.9 Å². The van der Waals surface area contributed by atoms with Gasteiger partial charge < -0.3 is 30.6 Å². The van der Waals surface area contributed by atoms with E-state index in [1.54, 1.807) is 11.1 Å². The van der Waals surface area contributed by atoms with E-state index in [4.69, 9.17) is 5.11 Å². The highest BCUT2D eigenvalue weighted by Crippen LogP contribution is 2.43. The molecule has 2 aromatic rings. The van der Waals surface area contributed by atoms with Crippen molar-refractivity contribution in [1.29, 1.82) is 0 Å². The number of rotatable bonds is 5. The number of nitrogens with zero attached hydrogens (tertiary/aromatic N) is 3. The van der Waals surface area contributed by atoms with Crippen LogP contribution in [-0.4, -0.2) is 61.9 Å². The lowest BCUT2D eigenvalue weighted by molar-refractivity contribution is -0.0726. The smallest absolute Gasteiger partial charge is 0.160 e. The molecule has 0 fully saturated rings. The third-order valence-electron chi connectivity index (χ3n) is 4.46. The quantitative estimate of drug-likeness (QED) is 0.526. The fraction of sp³-hybridized carbons (Fsp3) is 0.412. The third kappa shape index (κ3) is 3.29. The van der Waals surface area contributed by atoms with Crippen LogP contribution in [-0.2, 0) is 0 Å². The number of hydrogen-bond acceptors (Lipinski definition) is 8. The summed E-state index contributed by atoms with van der Waals surface area (Å²) in [5, 5.41) is 42.1. The molecule has 0 saturated heterocycles. The normalized spacial score (nSPS) is 16.5. The van der Waals surface area contributed by atoms with Crippen molar-refractivity contribution in [2.75, 3.05) is 23.4 Å². The van der Waals surface area contributed by atoms with Crippen LogP contribution in [0.3, 0.4) is 0 Å². The van der Waals surface area contributed by atoms with Crippen molar-refractivity contribution in [3.63, 3.8) is 0 Å². The van der Waals surface area contributed by atoms with Crippen LogP contribution < -0.4 is 10.2 Å². The van der Waals surface area contributed by atoms with Gasteiger partial charge >= 0.3 is 0 Å². The summed E-state index contributed by atoms with van der Waals surface area (Å²) in [7, 11) is 0. The lowest BCUT2D eigenvalue weighted by Crippen LogP contribution is -2.45. The van der Waals surface area contributed by atoms with Gasteiger partial charge in [-0.2, -0.15) is 0 Å². The highest BCUT2D eigenvalue weighted by Gasteiger charge is 2.31. The third-order valence-corrected chi connectivity index (χ3v) is 4.46. The summed E-state index contributed by atoms with van der Waals surface area (Å²) in [6, 6.07) is 3.98. The summed E-state index contributed by atoms with van der Waals surface area (Å²) >= 11 is 0. The van der Waals surface area contributed by atoms with Gasteiger partial charge in [-0.05, 0) is 37.1 Å². The lowest BCUT2D eigenvalue weighted by Gasteiger charge is -2.35. The zero-order valence-electron chi connectivity index (χ0n) is 14.1. The fourth-order valence-corrected chi connectivity index (χ4v) is 2.85. The van der Waals surface area contributed by atoms with Crippen molar-refractivity contribution in [3.8, 4) is 0 Å². The van der Waals surface area contributed by atoms with E-state index in [0.29, 0.717) is 11.5 Å². The molecule has 3 rings (SSSR count). The number of fused-ring (bicyclic) bond motifs is 2. The van der Waals surface area contributed by atoms with Gasteiger partial charge in [-0.25, -0.2) is 9.97 Å². The van der Waals surface area contributed by atoms with Gasteiger partial charge in [-0.3, -0.25) is 0 Å². The molecule has 1 aliphatic rings. The number of hydrogen-bond donors (Lipinski definition) is 5. The largest absolute Gasteiger partial charge is 0.394 e. The van der Waals surface area contributed by atoms with Crippen molar-refractivity contribution in [3.05, 3.63) is 35.8 Å². The molecule has 8 nitrogen and oxygen atoms in total. The molecular formula is C17H22N4O4. The summed E-state index contributed by atoms with van der Waals surface area (Å²) in [4.78, 5) is 10.1. The Morgan fingerprint density at radius 1 is 1.08 bits per heavy atom. The van der Waals surface area contributed by atoms with E-state index in [1.807, 2.05) is 26.0 Å². The van der Waals surface area contributed by atoms with Crippen molar-refractivity contribution < 1.29 is 20.4 Å². The Morgan fingerprint density at radius 2 is 1.80 bits per heavy atom. The molecule has 0 radical (unpaired) electrons. The molecule has 1 aliphatic heterocycles. The predicted molar refractivity (Wildman–Crippen MR) is 93.3 cm³/mol. The van der Waals surface area contributed by atoms with Crippen LogP contribution >= 0.6 is 0 Å². The van der Waals surface area contributed by atoms with Gasteiger partial charge in [0, 0.05) is 0 Å². The first-order valence-corrected chi connectivity index (χ1v) is 8.03. The predicted octanol–water partition coefficient (Wildman–Crippen LogP) is 0.364. The van der Waals surface area contributed by atoms with Gasteiger partial charge in [0.05, 0.1) is 30.7 Å². The molecule has 1 aromatic carbocycles. The molecule has 5 N–H and O–H groups in total. The zero-order valence-corrected chi connectivity index (χ0v) is 14.1. The first kappa shape index (κ1) is 17.6. The maximum atomic E-state index is 10.3. The number of anilines is 4. The minimum absolute atomic E-state index is 0.000574. The minimum Gasteiger partial charge on any atom is -0.394 e. The van der Waals surface area contributed by atoms with E-state index in [9.17, 15) is 15.3 Å². The van der Waals surface area contributed by atoms with Crippen molar-refractivity contribution in [2.24, 2.45) is 0 Å². The first-order valence-electron chi connectivity index (χ1n) is 8.03. The summed E-state index contributed by atoms with van der Waals surface area (Å²) in [5.74, 6) is 0.565. The second-order valence-electron chi connectivity index (χ2n) is 6.26. The first-order chi connectivity index (χ1) is 11.9. The number of aryl methyl sites for hydroxylation is 2. The Kier molecular flexibility index (Phi) is 4.87. The van der Waals surface area contributed by atoms with Crippen molar-refractivity contribution in [2.45, 2.75) is 32.2 Å². The number of aliphatic hydroxyl groups is 4. The summed E-state index contributed by atoms with van der Waals surface area (Å²) in [6.45, 7) is 3.37. The second-order valence-corrected chi connectivity index (χ2v) is 6.26. The molecule has 2 heterocycles. The van der Waals surface area contributed by atoms with E-state index >= 15 is 0 Å². The second kappa shape index (κ2) is 6.93. The van der Waals surface area contributed by atoms with E-state index in [0.717, 1.165) is 22.5 Å². The van der Waals surface area contributed by atoms with Gasteiger partial charge in [0.2, 0.25) is 0 Å². The number of benzene rings is 1. The van der Waals surface area contributed by atoms with Crippen LogP contribution in [0.1, 0.15) is 11.1 Å². The van der Waals surface area contributed by atoms with Crippen LogP contribution in [0.2, 0.25) is 0 Å². The van der Waals surface area contributed by atoms with Gasteiger partial charge in [0.15, 0.2) is 5.82 Å². The Hall–Kier alpha value is -2.26. The number of aliphatic hydroxyl groups excluding tert-OH is 4. The number of nitrogens with one attached hydrogen (secondary N) is 1. The van der Waals surface area contributed by atoms with Gasteiger partial charge in [-0.1, -0.05) is 0 Å². The molecule has 25 heavy (non-hydrogen) atoms. The van der Waals surface area contributed by atoms with Crippen LogP contribution in [0.4, 0.5) is 22.9 Å². The standard InChI is InChI=1S/C17H22N4O4/c1-9-3-11-13(4-10(9)2)21(6-14(23)16(25)15(24)7-22)17-12(20-11)5-18-8-19-17/h3-5,8,14-16,20,22-25H,6-7H2,1-2H3. The molecular weight excluding hydrogens is 324 g/mol. The van der Waals surface area contributed by atoms with Crippen LogP contribution in [0.25, 0.3) is 0 Å². The fourth-order valence-electron chi connectivity index (χ4n) is 2.85. The highest BCUT2D eigenvalue weighted by molar-refractivity contribution is 5.90. The average molecular weight is 346 g/mol. The molecule has 8 heteroatoms. The highest BCUT2D eigenvalue weighted by atomic mass is 16.4. The van der Waals surface area contributed by atoms with Crippen LogP contribution in [0.15, 0.2) is 24.7 Å². The SMILES string of the molecule is Cc1cc2c(cc1C)N(CC(O)C(O)C(O)CO)c1ncncc1N2. The van der Waals surface area contributed by atoms with Crippen LogP contribution in [0, 0.1) is 13.8 Å². The number of aromatic nitrogens is 2. The Labute approximate surface area is 145 Å². The molecule has 0 spiro atoms. The minimum atomic E-state index is -1.47. The molecule has 0 bridgehead atoms. The molecule has 3 atom stereocenters. The summed E-state index contributed by atoms with van der Waals surface area (Å²) in [6.07, 6.45) is -1.12. The Bertz CT molecular complexity index is 770. The Morgan fingerprint density at radius 3 is 2.52 bits per heavy atom. The van der Waals surface area contributed by atoms with Gasteiger partial charge in [-0.15, -0.1) is 0 Å². The maximum Gasteiger partial charge on any atom is 0.160 e. The molecule has 0 amide bonds. The van der Waals surface area contributed by atoms with E-state index in [1.165, 1.54) is 6.33 Å². The van der Waals surface area contributed by atoms with Crippen molar-refractivity contribution in [1.82, 2.24) is 9.97 Å². The van der Waals surface area contributed by atoms with Gasteiger partial charge in [0.25, 0.3) is 0 Å². The lowest BCUT2D eigenvalue weighted by atomic mass is 10.0. The molecule has 0 saturated carbocycles. The number of β-amino-alcohol motifs (C(OH)–C–C–N with tert-alkyl or cyclic N) is 1. The molecule has 0 aliphatic carbocycles.